The van der Waals surface area contributed by atoms with Crippen molar-refractivity contribution in [1.29, 1.82) is 0 Å². The van der Waals surface area contributed by atoms with E-state index in [-0.39, 0.29) is 7.43 Å². The average molecular weight is 220 g/mol. The van der Waals surface area contributed by atoms with Crippen LogP contribution in [0.3, 0.4) is 0 Å². The summed E-state index contributed by atoms with van der Waals surface area (Å²) in [4.78, 5) is 0. The van der Waals surface area contributed by atoms with Gasteiger partial charge in [0.05, 0.1) is 0 Å². The van der Waals surface area contributed by atoms with Gasteiger partial charge in [-0.15, -0.1) is 0 Å². The van der Waals surface area contributed by atoms with Crippen molar-refractivity contribution in [2.24, 2.45) is 5.92 Å². The van der Waals surface area contributed by atoms with E-state index in [1.165, 1.54) is 44.1 Å². The highest BCUT2D eigenvalue weighted by Gasteiger charge is 2.00. The summed E-state index contributed by atoms with van der Waals surface area (Å²) < 4.78 is 0. The van der Waals surface area contributed by atoms with E-state index in [0.717, 1.165) is 5.92 Å². The summed E-state index contributed by atoms with van der Waals surface area (Å²) in [6.45, 7) is 4.66. The Kier molecular flexibility index (Phi) is 8.99. The van der Waals surface area contributed by atoms with Crippen LogP contribution in [0.1, 0.15) is 58.9 Å². The smallest absolute Gasteiger partial charge is 0.0279 e. The molecule has 0 heterocycles. The minimum atomic E-state index is 0. The number of hydrogen-bond acceptors (Lipinski definition) is 0. The second kappa shape index (κ2) is 9.45. The topological polar surface area (TPSA) is 0 Å². The van der Waals surface area contributed by atoms with Gasteiger partial charge in [0.2, 0.25) is 0 Å². The van der Waals surface area contributed by atoms with Gasteiger partial charge in [0.15, 0.2) is 0 Å². The second-order valence-electron chi connectivity index (χ2n) is 4.63. The lowest BCUT2D eigenvalue weighted by atomic mass is 9.97. The highest BCUT2D eigenvalue weighted by Crippen LogP contribution is 2.15. The summed E-state index contributed by atoms with van der Waals surface area (Å²) in [5.41, 5.74) is 1.49. The summed E-state index contributed by atoms with van der Waals surface area (Å²) in [5, 5.41) is 0. The van der Waals surface area contributed by atoms with E-state index >= 15 is 0 Å². The van der Waals surface area contributed by atoms with Gasteiger partial charge in [-0.05, 0) is 24.3 Å². The molecule has 0 amide bonds. The van der Waals surface area contributed by atoms with Crippen LogP contribution in [0.15, 0.2) is 30.3 Å². The van der Waals surface area contributed by atoms with Crippen LogP contribution in [0.5, 0.6) is 0 Å². The highest BCUT2D eigenvalue weighted by molar-refractivity contribution is 5.14. The first-order chi connectivity index (χ1) is 7.33. The van der Waals surface area contributed by atoms with Crippen LogP contribution >= 0.6 is 0 Å². The molecule has 1 atom stereocenters. The third-order valence-corrected chi connectivity index (χ3v) is 3.04. The van der Waals surface area contributed by atoms with E-state index in [9.17, 15) is 0 Å². The third-order valence-electron chi connectivity index (χ3n) is 3.04. The molecule has 0 aliphatic carbocycles. The van der Waals surface area contributed by atoms with Crippen LogP contribution in [-0.2, 0) is 6.42 Å². The first kappa shape index (κ1) is 15.2. The molecule has 0 radical (unpaired) electrons. The standard InChI is InChI=1S/C15H24.CH4/c1-3-9-14(2)10-7-8-13-15-11-5-4-6-12-15;/h4-6,11-12,14H,3,7-10,13H2,1-2H3;1H4. The molecule has 0 saturated carbocycles. The van der Waals surface area contributed by atoms with E-state index in [0.29, 0.717) is 0 Å². The molecule has 0 heteroatoms. The van der Waals surface area contributed by atoms with Crippen LogP contribution in [0.2, 0.25) is 0 Å². The third kappa shape index (κ3) is 6.66. The minimum Gasteiger partial charge on any atom is -0.0776 e. The molecule has 92 valence electrons. The Morgan fingerprint density at radius 3 is 2.31 bits per heavy atom. The summed E-state index contributed by atoms with van der Waals surface area (Å²) in [5.74, 6) is 0.922. The molecule has 1 aromatic rings. The fraction of sp³-hybridized carbons (Fsp3) is 0.625. The molecular formula is C16H28. The monoisotopic (exact) mass is 220 g/mol. The molecule has 0 bridgehead atoms. The van der Waals surface area contributed by atoms with Gasteiger partial charge in [0, 0.05) is 0 Å². The van der Waals surface area contributed by atoms with Crippen molar-refractivity contribution in [1.82, 2.24) is 0 Å². The number of aryl methyl sites for hydroxylation is 1. The molecule has 1 rings (SSSR count). The largest absolute Gasteiger partial charge is 0.0776 e. The number of hydrogen-bond donors (Lipinski definition) is 0. The Labute approximate surface area is 102 Å². The minimum absolute atomic E-state index is 0. The maximum absolute atomic E-state index is 2.38. The molecule has 1 aromatic carbocycles. The predicted molar refractivity (Wildman–Crippen MR) is 74.8 cm³/mol. The van der Waals surface area contributed by atoms with Gasteiger partial charge >= 0.3 is 0 Å². The lowest BCUT2D eigenvalue weighted by Gasteiger charge is -2.09. The quantitative estimate of drug-likeness (QED) is 0.534. The zero-order valence-electron chi connectivity index (χ0n) is 10.2. The van der Waals surface area contributed by atoms with Gasteiger partial charge in [-0.25, -0.2) is 0 Å². The fourth-order valence-electron chi connectivity index (χ4n) is 2.10. The first-order valence-corrected chi connectivity index (χ1v) is 6.37. The van der Waals surface area contributed by atoms with E-state index < -0.39 is 0 Å². The first-order valence-electron chi connectivity index (χ1n) is 6.37. The van der Waals surface area contributed by atoms with E-state index in [2.05, 4.69) is 44.2 Å². The van der Waals surface area contributed by atoms with Crippen LogP contribution in [0, 0.1) is 5.92 Å². The second-order valence-corrected chi connectivity index (χ2v) is 4.63. The highest BCUT2D eigenvalue weighted by atomic mass is 14.1. The van der Waals surface area contributed by atoms with Gasteiger partial charge in [-0.2, -0.15) is 0 Å². The molecule has 0 saturated heterocycles. The Balaban J connectivity index is 0.00000225. The van der Waals surface area contributed by atoms with Gasteiger partial charge in [-0.1, -0.05) is 77.3 Å². The summed E-state index contributed by atoms with van der Waals surface area (Å²) >= 11 is 0. The maximum atomic E-state index is 2.38. The van der Waals surface area contributed by atoms with Crippen LogP contribution in [-0.4, -0.2) is 0 Å². The van der Waals surface area contributed by atoms with Crippen LogP contribution in [0.4, 0.5) is 0 Å². The Hall–Kier alpha value is -0.780. The molecule has 0 aromatic heterocycles. The Bertz CT molecular complexity index is 237. The number of benzene rings is 1. The average Bonchev–Trinajstić information content (AvgIpc) is 2.26. The van der Waals surface area contributed by atoms with Crippen molar-refractivity contribution in [2.45, 2.75) is 59.8 Å². The van der Waals surface area contributed by atoms with Crippen molar-refractivity contribution < 1.29 is 0 Å². The Morgan fingerprint density at radius 2 is 1.69 bits per heavy atom. The van der Waals surface area contributed by atoms with Gasteiger partial charge in [-0.3, -0.25) is 0 Å². The van der Waals surface area contributed by atoms with Gasteiger partial charge in [0.25, 0.3) is 0 Å². The Morgan fingerprint density at radius 1 is 1.00 bits per heavy atom. The van der Waals surface area contributed by atoms with E-state index in [4.69, 9.17) is 0 Å². The molecular weight excluding hydrogens is 192 g/mol. The number of unbranched alkanes of at least 4 members (excludes halogenated alkanes) is 1. The zero-order chi connectivity index (χ0) is 10.9. The molecule has 0 aliphatic rings. The van der Waals surface area contributed by atoms with Gasteiger partial charge < -0.3 is 0 Å². The van der Waals surface area contributed by atoms with Crippen molar-refractivity contribution in [3.63, 3.8) is 0 Å². The SMILES string of the molecule is C.CCCC(C)CCCCc1ccccc1. The summed E-state index contributed by atoms with van der Waals surface area (Å²) in [6, 6.07) is 10.8. The normalized spacial score (nSPS) is 11.9. The summed E-state index contributed by atoms with van der Waals surface area (Å²) in [6.07, 6.45) is 8.11. The summed E-state index contributed by atoms with van der Waals surface area (Å²) in [7, 11) is 0. The lowest BCUT2D eigenvalue weighted by Crippen LogP contribution is -1.94. The number of rotatable bonds is 7. The zero-order valence-corrected chi connectivity index (χ0v) is 10.2. The molecule has 0 spiro atoms. The molecule has 0 nitrogen and oxygen atoms in total. The fourth-order valence-corrected chi connectivity index (χ4v) is 2.10. The van der Waals surface area contributed by atoms with Crippen molar-refractivity contribution in [3.8, 4) is 0 Å². The molecule has 0 aliphatic heterocycles. The van der Waals surface area contributed by atoms with E-state index in [1.54, 1.807) is 0 Å². The van der Waals surface area contributed by atoms with Crippen molar-refractivity contribution in [3.05, 3.63) is 35.9 Å². The molecule has 0 N–H and O–H groups in total. The van der Waals surface area contributed by atoms with Crippen molar-refractivity contribution in [2.75, 3.05) is 0 Å². The van der Waals surface area contributed by atoms with Crippen LogP contribution < -0.4 is 0 Å². The lowest BCUT2D eigenvalue weighted by molar-refractivity contribution is 0.461. The van der Waals surface area contributed by atoms with Crippen LogP contribution in [0.25, 0.3) is 0 Å². The molecule has 16 heavy (non-hydrogen) atoms. The maximum Gasteiger partial charge on any atom is -0.0279 e. The van der Waals surface area contributed by atoms with Crippen molar-refractivity contribution >= 4 is 0 Å². The predicted octanol–water partition coefficient (Wildman–Crippen LogP) is 5.47. The van der Waals surface area contributed by atoms with E-state index in [1.807, 2.05) is 0 Å². The molecule has 1 unspecified atom stereocenters. The molecule has 0 fully saturated rings. The van der Waals surface area contributed by atoms with Gasteiger partial charge in [0.1, 0.15) is 0 Å².